The monoisotopic (exact) mass is 679 g/mol. The van der Waals surface area contributed by atoms with E-state index in [2.05, 4.69) is 13.2 Å². The molecule has 2 bridgehead atoms. The van der Waals surface area contributed by atoms with E-state index >= 15 is 9.59 Å². The van der Waals surface area contributed by atoms with Gasteiger partial charge in [0.15, 0.2) is 0 Å². The Morgan fingerprint density at radius 2 is 1.71 bits per heavy atom. The number of rotatable bonds is 13. The van der Waals surface area contributed by atoms with Crippen LogP contribution >= 0.6 is 11.8 Å². The fraction of sp³-hybridized carbons (Fsp3) is 0.375. The molecule has 1 N–H and O–H groups in total. The first-order valence-corrected chi connectivity index (χ1v) is 17.9. The number of benzene rings is 3. The fourth-order valence-electron chi connectivity index (χ4n) is 8.13. The Labute approximate surface area is 293 Å². The average Bonchev–Trinajstić information content (AvgIpc) is 3.76. The number of fused-ring (bicyclic) bond motifs is 1. The summed E-state index contributed by atoms with van der Waals surface area (Å²) < 4.78 is 4.78. The number of hydrogen-bond donors (Lipinski definition) is 1. The number of carbonyl (C=O) groups excluding carboxylic acids is 3. The van der Waals surface area contributed by atoms with Crippen molar-refractivity contribution in [3.8, 4) is 5.75 Å². The summed E-state index contributed by atoms with van der Waals surface area (Å²) in [6, 6.07) is 21.1. The quantitative estimate of drug-likeness (QED) is 0.215. The van der Waals surface area contributed by atoms with Crippen LogP contribution < -0.4 is 14.5 Å². The highest BCUT2D eigenvalue weighted by Gasteiger charge is 2.75. The van der Waals surface area contributed by atoms with Gasteiger partial charge in [-0.2, -0.15) is 0 Å². The highest BCUT2D eigenvalue weighted by atomic mass is 32.2. The third-order valence-electron chi connectivity index (χ3n) is 10.2. The van der Waals surface area contributed by atoms with Crippen molar-refractivity contribution >= 4 is 40.9 Å². The van der Waals surface area contributed by atoms with E-state index in [0.717, 1.165) is 22.4 Å². The molecule has 0 aliphatic carbocycles. The number of likely N-dealkylation sites (tertiary alicyclic amines) is 1. The second-order valence-electron chi connectivity index (χ2n) is 13.1. The molecule has 3 fully saturated rings. The molecule has 3 aromatic carbocycles. The zero-order chi connectivity index (χ0) is 34.9. The molecule has 3 saturated heterocycles. The van der Waals surface area contributed by atoms with E-state index in [4.69, 9.17) is 4.74 Å². The molecule has 2 unspecified atom stereocenters. The van der Waals surface area contributed by atoms with Crippen molar-refractivity contribution in [2.45, 2.75) is 55.7 Å². The first kappa shape index (κ1) is 34.5. The second-order valence-corrected chi connectivity index (χ2v) is 14.7. The Hall–Kier alpha value is -4.34. The molecule has 3 aliphatic rings. The average molecular weight is 680 g/mol. The van der Waals surface area contributed by atoms with Crippen molar-refractivity contribution in [1.29, 1.82) is 0 Å². The molecule has 256 valence electrons. The molecule has 8 nitrogen and oxygen atoms in total. The first-order valence-electron chi connectivity index (χ1n) is 17.0. The maximum Gasteiger partial charge on any atom is 0.251 e. The van der Waals surface area contributed by atoms with Crippen LogP contribution in [0.5, 0.6) is 5.75 Å². The van der Waals surface area contributed by atoms with Crippen LogP contribution in [0, 0.1) is 25.7 Å². The van der Waals surface area contributed by atoms with E-state index in [1.54, 1.807) is 38.6 Å². The van der Waals surface area contributed by atoms with Crippen molar-refractivity contribution in [2.24, 2.45) is 11.8 Å². The van der Waals surface area contributed by atoms with Gasteiger partial charge in [0.1, 0.15) is 11.8 Å². The SMILES string of the molecule is C=CCN(C(=O)[C@@H]1[C@H]2C(=O)N([C@H](CO)c3ccccc3)C(C(=O)N(CC=C)c3cc(C)ccc3C)C23CC[C@H]1S3)c1ccc(OCC)cc1. The van der Waals surface area contributed by atoms with Crippen LogP contribution in [0.15, 0.2) is 98.1 Å². The summed E-state index contributed by atoms with van der Waals surface area (Å²) in [5, 5.41) is 10.8. The number of nitrogens with zero attached hydrogens (tertiary/aromatic N) is 3. The predicted molar refractivity (Wildman–Crippen MR) is 196 cm³/mol. The summed E-state index contributed by atoms with van der Waals surface area (Å²) in [4.78, 5) is 50.1. The number of amides is 3. The fourth-order valence-corrected chi connectivity index (χ4v) is 10.3. The van der Waals surface area contributed by atoms with Crippen molar-refractivity contribution in [2.75, 3.05) is 36.1 Å². The minimum atomic E-state index is -0.909. The number of aliphatic hydroxyl groups is 1. The molecule has 3 aromatic rings. The maximum atomic E-state index is 15.2. The molecule has 9 heteroatoms. The smallest absolute Gasteiger partial charge is 0.251 e. The number of hydrogen-bond acceptors (Lipinski definition) is 6. The predicted octanol–water partition coefficient (Wildman–Crippen LogP) is 6.27. The largest absolute Gasteiger partial charge is 0.494 e. The standard InChI is InChI=1S/C40H45N3O5S/c1-6-22-41(29-16-18-30(19-17-29)48-8-3)37(45)34-33-20-21-40(49-33)35(34)38(46)43(32(25-44)28-12-10-9-11-13-28)36(40)39(47)42(23-7-2)31-24-26(4)14-15-27(31)5/h6-7,9-19,24,32-36,44H,1-2,8,20-23,25H2,3-5H3/t32-,33-,34+,35+,36?,40?/m1/s1. The van der Waals surface area contributed by atoms with Crippen LogP contribution in [0.1, 0.15) is 42.5 Å². The van der Waals surface area contributed by atoms with Crippen molar-refractivity contribution < 1.29 is 24.2 Å². The van der Waals surface area contributed by atoms with Gasteiger partial charge in [0.2, 0.25) is 11.8 Å². The van der Waals surface area contributed by atoms with Gasteiger partial charge in [-0.3, -0.25) is 14.4 Å². The lowest BCUT2D eigenvalue weighted by molar-refractivity contribution is -0.142. The number of aryl methyl sites for hydroxylation is 2. The molecule has 0 radical (unpaired) electrons. The molecular weight excluding hydrogens is 635 g/mol. The topological polar surface area (TPSA) is 90.4 Å². The van der Waals surface area contributed by atoms with Gasteiger partial charge in [0, 0.05) is 29.7 Å². The van der Waals surface area contributed by atoms with Crippen LogP contribution in [-0.2, 0) is 14.4 Å². The van der Waals surface area contributed by atoms with Crippen molar-refractivity contribution in [1.82, 2.24) is 4.90 Å². The van der Waals surface area contributed by atoms with Crippen LogP contribution in [-0.4, -0.2) is 70.1 Å². The third-order valence-corrected chi connectivity index (χ3v) is 12.2. The molecule has 3 heterocycles. The van der Waals surface area contributed by atoms with Gasteiger partial charge in [-0.15, -0.1) is 24.9 Å². The number of anilines is 2. The Balaban J connectivity index is 1.46. The maximum absolute atomic E-state index is 15.2. The highest BCUT2D eigenvalue weighted by molar-refractivity contribution is 8.02. The molecule has 6 atom stereocenters. The summed E-state index contributed by atoms with van der Waals surface area (Å²) in [6.45, 7) is 14.4. The third kappa shape index (κ3) is 5.97. The molecule has 0 aromatic heterocycles. The Kier molecular flexibility index (Phi) is 10.0. The molecule has 3 amide bonds. The molecule has 6 rings (SSSR count). The van der Waals surface area contributed by atoms with E-state index in [1.807, 2.05) is 93.6 Å². The zero-order valence-electron chi connectivity index (χ0n) is 28.5. The number of carbonyl (C=O) groups is 3. The van der Waals surface area contributed by atoms with E-state index in [9.17, 15) is 9.90 Å². The van der Waals surface area contributed by atoms with Gasteiger partial charge in [-0.25, -0.2) is 0 Å². The minimum Gasteiger partial charge on any atom is -0.494 e. The van der Waals surface area contributed by atoms with E-state index < -0.39 is 28.7 Å². The van der Waals surface area contributed by atoms with Gasteiger partial charge >= 0.3 is 0 Å². The van der Waals surface area contributed by atoms with Crippen LogP contribution in [0.2, 0.25) is 0 Å². The van der Waals surface area contributed by atoms with Crippen molar-refractivity contribution in [3.05, 3.63) is 115 Å². The minimum absolute atomic E-state index is 0.133. The summed E-state index contributed by atoms with van der Waals surface area (Å²) in [5.41, 5.74) is 4.12. The lowest BCUT2D eigenvalue weighted by atomic mass is 9.70. The van der Waals surface area contributed by atoms with E-state index in [-0.39, 0.29) is 42.7 Å². The van der Waals surface area contributed by atoms with Gasteiger partial charge in [-0.1, -0.05) is 54.6 Å². The van der Waals surface area contributed by atoms with Crippen LogP contribution in [0.3, 0.4) is 0 Å². The van der Waals surface area contributed by atoms with E-state index in [1.165, 1.54) is 0 Å². The number of ether oxygens (including phenoxy) is 1. The molecule has 1 spiro atoms. The second kappa shape index (κ2) is 14.3. The van der Waals surface area contributed by atoms with E-state index in [0.29, 0.717) is 30.9 Å². The van der Waals surface area contributed by atoms with Crippen LogP contribution in [0.4, 0.5) is 11.4 Å². The number of thioether (sulfide) groups is 1. The number of aliphatic hydroxyl groups excluding tert-OH is 1. The lowest BCUT2D eigenvalue weighted by Gasteiger charge is -2.40. The van der Waals surface area contributed by atoms with Gasteiger partial charge < -0.3 is 24.5 Å². The zero-order valence-corrected chi connectivity index (χ0v) is 29.3. The lowest BCUT2D eigenvalue weighted by Crippen LogP contribution is -2.56. The van der Waals surface area contributed by atoms with Gasteiger partial charge in [0.25, 0.3) is 5.91 Å². The highest BCUT2D eigenvalue weighted by Crippen LogP contribution is 2.67. The Bertz CT molecular complexity index is 1730. The van der Waals surface area contributed by atoms with Gasteiger partial charge in [-0.05, 0) is 80.6 Å². The summed E-state index contributed by atoms with van der Waals surface area (Å²) in [7, 11) is 0. The molecular formula is C40H45N3O5S. The summed E-state index contributed by atoms with van der Waals surface area (Å²) >= 11 is 1.62. The Morgan fingerprint density at radius 1 is 1.02 bits per heavy atom. The summed E-state index contributed by atoms with van der Waals surface area (Å²) in [6.07, 6.45) is 4.70. The molecule has 0 saturated carbocycles. The molecule has 3 aliphatic heterocycles. The summed E-state index contributed by atoms with van der Waals surface area (Å²) in [5.74, 6) is -1.34. The van der Waals surface area contributed by atoms with Crippen LogP contribution in [0.25, 0.3) is 0 Å². The van der Waals surface area contributed by atoms with Crippen molar-refractivity contribution in [3.63, 3.8) is 0 Å². The van der Waals surface area contributed by atoms with Gasteiger partial charge in [0.05, 0.1) is 35.8 Å². The first-order chi connectivity index (χ1) is 23.7. The Morgan fingerprint density at radius 3 is 2.37 bits per heavy atom. The normalized spacial score (nSPS) is 24.3. The molecule has 49 heavy (non-hydrogen) atoms.